The summed E-state index contributed by atoms with van der Waals surface area (Å²) in [5, 5.41) is 12.1. The Hall–Kier alpha value is -2.08. The van der Waals surface area contributed by atoms with E-state index in [0.717, 1.165) is 11.4 Å². The van der Waals surface area contributed by atoms with E-state index < -0.39 is 18.2 Å². The fourth-order valence-corrected chi connectivity index (χ4v) is 3.89. The fourth-order valence-electron chi connectivity index (χ4n) is 3.89. The van der Waals surface area contributed by atoms with Crippen LogP contribution in [0.1, 0.15) is 39.0 Å². The number of nitrogens with zero attached hydrogens (tertiary/aromatic N) is 1. The van der Waals surface area contributed by atoms with E-state index in [1.165, 1.54) is 25.7 Å². The summed E-state index contributed by atoms with van der Waals surface area (Å²) in [6, 6.07) is 8.24. The Bertz CT molecular complexity index is 642. The number of carbonyl (C=O) groups is 2. The summed E-state index contributed by atoms with van der Waals surface area (Å²) < 4.78 is 5.44. The molecule has 1 aromatic rings. The zero-order chi connectivity index (χ0) is 18.0. The molecule has 3 rings (SSSR count). The minimum atomic E-state index is -1.01. The Morgan fingerprint density at radius 2 is 1.92 bits per heavy atom. The molecule has 0 unspecified atom stereocenters. The highest BCUT2D eigenvalue weighted by atomic mass is 16.5. The SMILES string of the molecule is C[C@@H]1C[C@H](C(=O)Nc2ccccc2N(C)C2CCCC2)O[C@H]1C(=O)O. The number of carbonyl (C=O) groups excluding carboxylic acids is 1. The first kappa shape index (κ1) is 17.7. The third kappa shape index (κ3) is 3.79. The molecule has 2 N–H and O–H groups in total. The summed E-state index contributed by atoms with van der Waals surface area (Å²) in [5.41, 5.74) is 1.74. The Balaban J connectivity index is 1.71. The molecular weight excluding hydrogens is 320 g/mol. The molecule has 0 spiro atoms. The van der Waals surface area contributed by atoms with Gasteiger partial charge < -0.3 is 20.1 Å². The van der Waals surface area contributed by atoms with E-state index in [4.69, 9.17) is 9.84 Å². The van der Waals surface area contributed by atoms with Gasteiger partial charge in [-0.3, -0.25) is 4.79 Å². The van der Waals surface area contributed by atoms with Crippen LogP contribution in [0.5, 0.6) is 0 Å². The second-order valence-electron chi connectivity index (χ2n) is 7.15. The lowest BCUT2D eigenvalue weighted by Gasteiger charge is -2.29. The first-order valence-corrected chi connectivity index (χ1v) is 8.98. The molecule has 1 aliphatic carbocycles. The van der Waals surface area contributed by atoms with Gasteiger partial charge in [-0.05, 0) is 37.3 Å². The molecule has 1 amide bonds. The lowest BCUT2D eigenvalue weighted by atomic mass is 10.0. The number of hydrogen-bond donors (Lipinski definition) is 2. The summed E-state index contributed by atoms with van der Waals surface area (Å²) in [6.45, 7) is 1.80. The van der Waals surface area contributed by atoms with Crippen LogP contribution in [0.25, 0.3) is 0 Å². The third-order valence-corrected chi connectivity index (χ3v) is 5.36. The van der Waals surface area contributed by atoms with Crippen molar-refractivity contribution in [2.75, 3.05) is 17.3 Å². The van der Waals surface area contributed by atoms with Crippen LogP contribution >= 0.6 is 0 Å². The van der Waals surface area contributed by atoms with Gasteiger partial charge in [0, 0.05) is 13.1 Å². The Kier molecular flexibility index (Phi) is 5.27. The molecule has 1 heterocycles. The van der Waals surface area contributed by atoms with Gasteiger partial charge in [-0.15, -0.1) is 0 Å². The number of hydrogen-bond acceptors (Lipinski definition) is 4. The number of carboxylic acid groups (broad SMARTS) is 1. The van der Waals surface area contributed by atoms with Crippen LogP contribution in [-0.2, 0) is 14.3 Å². The second kappa shape index (κ2) is 7.44. The summed E-state index contributed by atoms with van der Waals surface area (Å²) in [4.78, 5) is 26.0. The highest BCUT2D eigenvalue weighted by Gasteiger charge is 2.40. The van der Waals surface area contributed by atoms with Crippen molar-refractivity contribution >= 4 is 23.3 Å². The largest absolute Gasteiger partial charge is 0.479 e. The molecule has 25 heavy (non-hydrogen) atoms. The smallest absolute Gasteiger partial charge is 0.333 e. The first-order valence-electron chi connectivity index (χ1n) is 8.98. The van der Waals surface area contributed by atoms with Gasteiger partial charge in [0.15, 0.2) is 6.10 Å². The molecule has 1 aliphatic heterocycles. The average Bonchev–Trinajstić information content (AvgIpc) is 3.24. The number of anilines is 2. The number of amides is 1. The van der Waals surface area contributed by atoms with Crippen LogP contribution in [0.4, 0.5) is 11.4 Å². The number of benzene rings is 1. The van der Waals surface area contributed by atoms with Crippen molar-refractivity contribution < 1.29 is 19.4 Å². The van der Waals surface area contributed by atoms with Crippen molar-refractivity contribution in [3.63, 3.8) is 0 Å². The predicted molar refractivity (Wildman–Crippen MR) is 95.8 cm³/mol. The molecular formula is C19H26N2O4. The molecule has 6 nitrogen and oxygen atoms in total. The third-order valence-electron chi connectivity index (χ3n) is 5.36. The number of carboxylic acids is 1. The van der Waals surface area contributed by atoms with Crippen molar-refractivity contribution in [3.05, 3.63) is 24.3 Å². The summed E-state index contributed by atoms with van der Waals surface area (Å²) in [5.74, 6) is -1.46. The van der Waals surface area contributed by atoms with Crippen LogP contribution < -0.4 is 10.2 Å². The number of ether oxygens (including phenoxy) is 1. The summed E-state index contributed by atoms with van der Waals surface area (Å²) in [7, 11) is 2.07. The molecule has 1 saturated carbocycles. The molecule has 1 aromatic carbocycles. The van der Waals surface area contributed by atoms with Crippen molar-refractivity contribution in [1.82, 2.24) is 0 Å². The fraction of sp³-hybridized carbons (Fsp3) is 0.579. The van der Waals surface area contributed by atoms with E-state index in [9.17, 15) is 9.59 Å². The van der Waals surface area contributed by atoms with Gasteiger partial charge in [-0.25, -0.2) is 4.79 Å². The Labute approximate surface area is 148 Å². The molecule has 136 valence electrons. The molecule has 2 aliphatic rings. The Morgan fingerprint density at radius 3 is 2.56 bits per heavy atom. The maximum absolute atomic E-state index is 12.6. The molecule has 0 radical (unpaired) electrons. The first-order chi connectivity index (χ1) is 12.0. The molecule has 3 atom stereocenters. The van der Waals surface area contributed by atoms with Gasteiger partial charge >= 0.3 is 5.97 Å². The standard InChI is InChI=1S/C19H26N2O4/c1-12-11-16(25-17(12)19(23)24)18(22)20-14-9-5-6-10-15(14)21(2)13-7-3-4-8-13/h5-6,9-10,12-13,16-17H,3-4,7-8,11H2,1-2H3,(H,20,22)(H,23,24)/t12-,16-,17-/m1/s1. The van der Waals surface area contributed by atoms with Gasteiger partial charge in [0.2, 0.25) is 0 Å². The number of aliphatic carboxylic acids is 1. The predicted octanol–water partition coefficient (Wildman–Crippen LogP) is 2.88. The number of rotatable bonds is 5. The molecule has 2 fully saturated rings. The van der Waals surface area contributed by atoms with Crippen molar-refractivity contribution in [3.8, 4) is 0 Å². The maximum atomic E-state index is 12.6. The van der Waals surface area contributed by atoms with Crippen LogP contribution in [0.2, 0.25) is 0 Å². The monoisotopic (exact) mass is 346 g/mol. The van der Waals surface area contributed by atoms with Crippen LogP contribution in [0, 0.1) is 5.92 Å². The molecule has 0 bridgehead atoms. The van der Waals surface area contributed by atoms with Gasteiger partial charge in [0.05, 0.1) is 11.4 Å². The summed E-state index contributed by atoms with van der Waals surface area (Å²) in [6.07, 6.45) is 3.61. The normalized spacial score (nSPS) is 26.6. The van der Waals surface area contributed by atoms with Crippen LogP contribution in [-0.4, -0.2) is 42.3 Å². The minimum Gasteiger partial charge on any atom is -0.479 e. The number of para-hydroxylation sites is 2. The van der Waals surface area contributed by atoms with Crippen molar-refractivity contribution in [2.45, 2.75) is 57.3 Å². The highest BCUT2D eigenvalue weighted by molar-refractivity contribution is 5.97. The van der Waals surface area contributed by atoms with Crippen molar-refractivity contribution in [2.24, 2.45) is 5.92 Å². The van der Waals surface area contributed by atoms with E-state index in [-0.39, 0.29) is 11.8 Å². The maximum Gasteiger partial charge on any atom is 0.333 e. The lowest BCUT2D eigenvalue weighted by Crippen LogP contribution is -2.32. The van der Waals surface area contributed by atoms with E-state index in [2.05, 4.69) is 17.3 Å². The summed E-state index contributed by atoms with van der Waals surface area (Å²) >= 11 is 0. The van der Waals surface area contributed by atoms with E-state index in [0.29, 0.717) is 12.5 Å². The zero-order valence-electron chi connectivity index (χ0n) is 14.8. The quantitative estimate of drug-likeness (QED) is 0.857. The minimum absolute atomic E-state index is 0.176. The Morgan fingerprint density at radius 1 is 1.24 bits per heavy atom. The van der Waals surface area contributed by atoms with E-state index >= 15 is 0 Å². The molecule has 6 heteroatoms. The molecule has 1 saturated heterocycles. The zero-order valence-corrected chi connectivity index (χ0v) is 14.8. The van der Waals surface area contributed by atoms with Gasteiger partial charge in [0.1, 0.15) is 6.10 Å². The second-order valence-corrected chi connectivity index (χ2v) is 7.15. The van der Waals surface area contributed by atoms with Crippen molar-refractivity contribution in [1.29, 1.82) is 0 Å². The number of nitrogens with one attached hydrogen (secondary N) is 1. The van der Waals surface area contributed by atoms with Crippen LogP contribution in [0.15, 0.2) is 24.3 Å². The van der Waals surface area contributed by atoms with E-state index in [1.807, 2.05) is 24.3 Å². The average molecular weight is 346 g/mol. The topological polar surface area (TPSA) is 78.9 Å². The van der Waals surface area contributed by atoms with E-state index in [1.54, 1.807) is 6.92 Å². The lowest BCUT2D eigenvalue weighted by molar-refractivity contribution is -0.152. The van der Waals surface area contributed by atoms with Gasteiger partial charge in [-0.1, -0.05) is 31.9 Å². The van der Waals surface area contributed by atoms with Gasteiger partial charge in [-0.2, -0.15) is 0 Å². The van der Waals surface area contributed by atoms with Gasteiger partial charge in [0.25, 0.3) is 5.91 Å². The van der Waals surface area contributed by atoms with Crippen LogP contribution in [0.3, 0.4) is 0 Å². The molecule has 0 aromatic heterocycles. The highest BCUT2D eigenvalue weighted by Crippen LogP contribution is 2.33.